The first-order chi connectivity index (χ1) is 7.86. The number of rotatable bonds is 1. The second-order valence-corrected chi connectivity index (χ2v) is 3.93. The van der Waals surface area contributed by atoms with E-state index in [2.05, 4.69) is 22.1 Å². The van der Waals surface area contributed by atoms with E-state index in [4.69, 9.17) is 0 Å². The minimum atomic E-state index is -0.0588. The lowest BCUT2D eigenvalue weighted by Gasteiger charge is -2.25. The van der Waals surface area contributed by atoms with E-state index >= 15 is 0 Å². The highest BCUT2D eigenvalue weighted by Gasteiger charge is 2.13. The topological polar surface area (TPSA) is 41.0 Å². The lowest BCUT2D eigenvalue weighted by atomic mass is 10.3. The lowest BCUT2D eigenvalue weighted by Crippen LogP contribution is -2.42. The van der Waals surface area contributed by atoms with Gasteiger partial charge in [-0.2, -0.15) is 0 Å². The van der Waals surface area contributed by atoms with E-state index in [9.17, 15) is 4.79 Å². The number of benzene rings is 1. The van der Waals surface area contributed by atoms with Gasteiger partial charge in [-0.05, 0) is 18.6 Å². The fourth-order valence-corrected chi connectivity index (χ4v) is 2.13. The van der Waals surface area contributed by atoms with Gasteiger partial charge in [0.2, 0.25) is 0 Å². The van der Waals surface area contributed by atoms with Gasteiger partial charge in [0.1, 0.15) is 0 Å². The molecule has 0 atom stereocenters. The molecule has 16 heavy (non-hydrogen) atoms. The van der Waals surface area contributed by atoms with Crippen LogP contribution in [0.25, 0.3) is 11.0 Å². The van der Waals surface area contributed by atoms with Crippen molar-refractivity contribution >= 4 is 11.0 Å². The van der Waals surface area contributed by atoms with E-state index in [0.717, 1.165) is 30.5 Å². The van der Waals surface area contributed by atoms with Crippen molar-refractivity contribution in [3.8, 4) is 0 Å². The maximum absolute atomic E-state index is 11.9. The summed E-state index contributed by atoms with van der Waals surface area (Å²) in [7, 11) is 0. The number of aromatic nitrogens is 2. The molecule has 1 aliphatic heterocycles. The van der Waals surface area contributed by atoms with E-state index in [1.807, 2.05) is 24.3 Å². The standard InChI is InChI=1S/C12H13N3O/c16-12-13-10-6-2-3-7-11(10)15(12)14-8-4-1-5-9-14/h1-4,6-7H,5,8-9H2,(H,13,16). The van der Waals surface area contributed by atoms with Gasteiger partial charge in [-0.25, -0.2) is 9.47 Å². The number of fused-ring (bicyclic) bond motifs is 1. The average molecular weight is 215 g/mol. The number of hydrogen-bond donors (Lipinski definition) is 1. The van der Waals surface area contributed by atoms with Crippen LogP contribution in [0.4, 0.5) is 0 Å². The Labute approximate surface area is 92.8 Å². The van der Waals surface area contributed by atoms with Crippen LogP contribution in [0, 0.1) is 0 Å². The van der Waals surface area contributed by atoms with Crippen LogP contribution >= 0.6 is 0 Å². The molecule has 0 saturated heterocycles. The smallest absolute Gasteiger partial charge is 0.304 e. The Morgan fingerprint density at radius 2 is 2.06 bits per heavy atom. The molecule has 4 heteroatoms. The van der Waals surface area contributed by atoms with Crippen molar-refractivity contribution < 1.29 is 0 Å². The average Bonchev–Trinajstić information content (AvgIpc) is 2.66. The van der Waals surface area contributed by atoms with Crippen LogP contribution < -0.4 is 10.7 Å². The molecule has 1 aliphatic rings. The van der Waals surface area contributed by atoms with Gasteiger partial charge in [0, 0.05) is 6.54 Å². The molecule has 3 rings (SSSR count). The Kier molecular flexibility index (Phi) is 2.06. The number of para-hydroxylation sites is 2. The zero-order valence-corrected chi connectivity index (χ0v) is 8.89. The van der Waals surface area contributed by atoms with Gasteiger partial charge in [-0.1, -0.05) is 24.3 Å². The Bertz CT molecular complexity index is 594. The lowest BCUT2D eigenvalue weighted by molar-refractivity contribution is 0.604. The van der Waals surface area contributed by atoms with Gasteiger partial charge in [-0.3, -0.25) is 0 Å². The summed E-state index contributed by atoms with van der Waals surface area (Å²) in [6.45, 7) is 1.68. The number of H-pyrrole nitrogens is 1. The number of imidazole rings is 1. The summed E-state index contributed by atoms with van der Waals surface area (Å²) in [4.78, 5) is 14.7. The van der Waals surface area contributed by atoms with Gasteiger partial charge in [0.25, 0.3) is 0 Å². The minimum absolute atomic E-state index is 0.0588. The number of nitrogens with zero attached hydrogens (tertiary/aromatic N) is 2. The van der Waals surface area contributed by atoms with E-state index in [1.54, 1.807) is 4.68 Å². The molecule has 0 amide bonds. The summed E-state index contributed by atoms with van der Waals surface area (Å²) < 4.78 is 1.73. The zero-order chi connectivity index (χ0) is 11.0. The molecule has 1 aromatic carbocycles. The van der Waals surface area contributed by atoms with Gasteiger partial charge < -0.3 is 9.99 Å². The third-order valence-electron chi connectivity index (χ3n) is 2.89. The second kappa shape index (κ2) is 3.56. The first-order valence-electron chi connectivity index (χ1n) is 5.46. The largest absolute Gasteiger partial charge is 0.345 e. The van der Waals surface area contributed by atoms with Crippen molar-refractivity contribution in [1.82, 2.24) is 9.66 Å². The van der Waals surface area contributed by atoms with Crippen molar-refractivity contribution in [3.63, 3.8) is 0 Å². The summed E-state index contributed by atoms with van der Waals surface area (Å²) in [5.74, 6) is 0. The van der Waals surface area contributed by atoms with Crippen LogP contribution in [0.3, 0.4) is 0 Å². The molecule has 0 aliphatic carbocycles. The molecular weight excluding hydrogens is 202 g/mol. The molecule has 0 unspecified atom stereocenters. The fraction of sp³-hybridized carbons (Fsp3) is 0.250. The summed E-state index contributed by atoms with van der Waals surface area (Å²) in [5, 5.41) is 2.06. The van der Waals surface area contributed by atoms with Gasteiger partial charge in [-0.15, -0.1) is 0 Å². The predicted molar refractivity (Wildman–Crippen MR) is 64.3 cm³/mol. The number of hydrogen-bond acceptors (Lipinski definition) is 2. The molecule has 0 radical (unpaired) electrons. The highest BCUT2D eigenvalue weighted by atomic mass is 16.2. The van der Waals surface area contributed by atoms with Crippen LogP contribution in [0.1, 0.15) is 6.42 Å². The van der Waals surface area contributed by atoms with Gasteiger partial charge >= 0.3 is 5.69 Å². The maximum Gasteiger partial charge on any atom is 0.345 e. The monoisotopic (exact) mass is 215 g/mol. The Morgan fingerprint density at radius 3 is 2.88 bits per heavy atom. The van der Waals surface area contributed by atoms with Crippen LogP contribution in [0.2, 0.25) is 0 Å². The molecule has 1 aromatic heterocycles. The second-order valence-electron chi connectivity index (χ2n) is 3.93. The fourth-order valence-electron chi connectivity index (χ4n) is 2.13. The van der Waals surface area contributed by atoms with Gasteiger partial charge in [0.15, 0.2) is 0 Å². The van der Waals surface area contributed by atoms with Crippen molar-refractivity contribution in [2.45, 2.75) is 6.42 Å². The van der Waals surface area contributed by atoms with Crippen molar-refractivity contribution in [1.29, 1.82) is 0 Å². The third kappa shape index (κ3) is 1.34. The molecule has 4 nitrogen and oxygen atoms in total. The van der Waals surface area contributed by atoms with E-state index in [-0.39, 0.29) is 5.69 Å². The summed E-state index contributed by atoms with van der Waals surface area (Å²) >= 11 is 0. The molecule has 2 heterocycles. The van der Waals surface area contributed by atoms with Gasteiger partial charge in [0.05, 0.1) is 17.6 Å². The molecule has 82 valence electrons. The van der Waals surface area contributed by atoms with Crippen LogP contribution in [-0.2, 0) is 0 Å². The first kappa shape index (κ1) is 9.27. The molecule has 0 saturated carbocycles. The molecule has 0 bridgehead atoms. The summed E-state index contributed by atoms with van der Waals surface area (Å²) in [6.07, 6.45) is 5.24. The Morgan fingerprint density at radius 1 is 1.19 bits per heavy atom. The predicted octanol–water partition coefficient (Wildman–Crippen LogP) is 1.23. The van der Waals surface area contributed by atoms with E-state index < -0.39 is 0 Å². The van der Waals surface area contributed by atoms with Crippen LogP contribution in [0.5, 0.6) is 0 Å². The number of aromatic amines is 1. The normalized spacial score (nSPS) is 15.9. The minimum Gasteiger partial charge on any atom is -0.304 e. The van der Waals surface area contributed by atoms with Crippen LogP contribution in [-0.4, -0.2) is 22.7 Å². The Hall–Kier alpha value is -1.97. The molecule has 1 N–H and O–H groups in total. The summed E-state index contributed by atoms with van der Waals surface area (Å²) in [5.41, 5.74) is 1.78. The maximum atomic E-state index is 11.9. The molecule has 0 spiro atoms. The van der Waals surface area contributed by atoms with Crippen molar-refractivity contribution in [2.75, 3.05) is 18.1 Å². The van der Waals surface area contributed by atoms with Crippen molar-refractivity contribution in [3.05, 3.63) is 46.9 Å². The molecule has 2 aromatic rings. The van der Waals surface area contributed by atoms with Crippen molar-refractivity contribution in [2.24, 2.45) is 0 Å². The quantitative estimate of drug-likeness (QED) is 0.727. The SMILES string of the molecule is O=c1[nH]c2ccccc2n1N1CC=CCC1. The van der Waals surface area contributed by atoms with E-state index in [1.165, 1.54) is 0 Å². The molecular formula is C12H13N3O. The van der Waals surface area contributed by atoms with Crippen LogP contribution in [0.15, 0.2) is 41.2 Å². The third-order valence-corrected chi connectivity index (χ3v) is 2.89. The van der Waals surface area contributed by atoms with E-state index in [0.29, 0.717) is 0 Å². The first-order valence-corrected chi connectivity index (χ1v) is 5.46. The summed E-state index contributed by atoms with van der Waals surface area (Å²) in [6, 6.07) is 7.77. The molecule has 0 fully saturated rings. The zero-order valence-electron chi connectivity index (χ0n) is 8.89. The highest BCUT2D eigenvalue weighted by Crippen LogP contribution is 2.10. The Balaban J connectivity index is 2.18. The number of nitrogens with one attached hydrogen (secondary N) is 1. The highest BCUT2D eigenvalue weighted by molar-refractivity contribution is 5.75.